The zero-order chi connectivity index (χ0) is 24.6. The first-order valence-electron chi connectivity index (χ1n) is 11.6. The Bertz CT molecular complexity index is 1240. The van der Waals surface area contributed by atoms with Crippen molar-refractivity contribution in [2.75, 3.05) is 6.61 Å². The fourth-order valence-corrected chi connectivity index (χ4v) is 4.21. The van der Waals surface area contributed by atoms with Crippen LogP contribution >= 0.6 is 0 Å². The molecule has 0 radical (unpaired) electrons. The second-order valence-electron chi connectivity index (χ2n) is 8.21. The molecule has 2 unspecified atom stereocenters. The van der Waals surface area contributed by atoms with Crippen LogP contribution in [-0.4, -0.2) is 24.3 Å². The third kappa shape index (κ3) is 6.01. The maximum absolute atomic E-state index is 13.0. The highest BCUT2D eigenvalue weighted by atomic mass is 16.5. The summed E-state index contributed by atoms with van der Waals surface area (Å²) in [4.78, 5) is 37.9. The second kappa shape index (κ2) is 11.3. The molecule has 0 fully saturated rings. The Morgan fingerprint density at radius 3 is 2.23 bits per heavy atom. The van der Waals surface area contributed by atoms with Gasteiger partial charge in [-0.3, -0.25) is 9.59 Å². The number of allylic oxidation sites excluding steroid dienone is 2. The molecule has 0 heterocycles. The monoisotopic (exact) mass is 466 g/mol. The van der Waals surface area contributed by atoms with E-state index in [1.807, 2.05) is 60.7 Å². The minimum Gasteiger partial charge on any atom is -0.465 e. The van der Waals surface area contributed by atoms with Crippen LogP contribution in [0.2, 0.25) is 0 Å². The molecule has 176 valence electrons. The van der Waals surface area contributed by atoms with Crippen LogP contribution in [0.15, 0.2) is 97.1 Å². The Hall–Kier alpha value is -4.25. The topological polar surface area (TPSA) is 69.7 Å². The van der Waals surface area contributed by atoms with Crippen LogP contribution < -0.4 is 4.74 Å². The first-order chi connectivity index (χ1) is 17.0. The number of benzene rings is 3. The van der Waals surface area contributed by atoms with Crippen LogP contribution in [0.25, 0.3) is 11.6 Å². The fraction of sp³-hybridized carbons (Fsp3) is 0.167. The molecule has 3 aromatic carbocycles. The van der Waals surface area contributed by atoms with Gasteiger partial charge in [-0.05, 0) is 59.9 Å². The summed E-state index contributed by atoms with van der Waals surface area (Å²) in [7, 11) is 0. The number of rotatable bonds is 7. The van der Waals surface area contributed by atoms with Gasteiger partial charge in [-0.25, -0.2) is 4.79 Å². The van der Waals surface area contributed by atoms with Gasteiger partial charge in [0.15, 0.2) is 5.78 Å². The highest BCUT2D eigenvalue weighted by molar-refractivity contribution is 6.10. The van der Waals surface area contributed by atoms with Gasteiger partial charge in [0, 0.05) is 12.0 Å². The molecule has 1 aliphatic carbocycles. The summed E-state index contributed by atoms with van der Waals surface area (Å²) in [6.45, 7) is 1.93. The quantitative estimate of drug-likeness (QED) is 0.196. The lowest BCUT2D eigenvalue weighted by Crippen LogP contribution is -2.34. The molecule has 0 aliphatic heterocycles. The Morgan fingerprint density at radius 1 is 0.914 bits per heavy atom. The van der Waals surface area contributed by atoms with Crippen molar-refractivity contribution in [1.29, 1.82) is 0 Å². The van der Waals surface area contributed by atoms with Crippen LogP contribution in [0.5, 0.6) is 5.75 Å². The predicted octanol–water partition coefficient (Wildman–Crippen LogP) is 5.62. The molecule has 3 aromatic rings. The smallest absolute Gasteiger partial charge is 0.336 e. The maximum Gasteiger partial charge on any atom is 0.336 e. The van der Waals surface area contributed by atoms with Gasteiger partial charge in [-0.1, -0.05) is 72.8 Å². The third-order valence-corrected chi connectivity index (χ3v) is 5.89. The van der Waals surface area contributed by atoms with Crippen LogP contribution in [0.1, 0.15) is 36.0 Å². The molecule has 0 saturated carbocycles. The van der Waals surface area contributed by atoms with E-state index in [1.54, 1.807) is 43.3 Å². The highest BCUT2D eigenvalue weighted by Gasteiger charge is 2.39. The molecule has 5 nitrogen and oxygen atoms in total. The zero-order valence-electron chi connectivity index (χ0n) is 19.4. The molecule has 0 amide bonds. The lowest BCUT2D eigenvalue weighted by atomic mass is 9.73. The van der Waals surface area contributed by atoms with E-state index < -0.39 is 17.9 Å². The Kier molecular flexibility index (Phi) is 7.68. The molecule has 0 spiro atoms. The maximum atomic E-state index is 13.0. The van der Waals surface area contributed by atoms with Crippen molar-refractivity contribution in [3.05, 3.63) is 114 Å². The normalized spacial score (nSPS) is 17.6. The summed E-state index contributed by atoms with van der Waals surface area (Å²) < 4.78 is 10.6. The standard InChI is InChI=1S/C30H26O5/c1-2-34-30(33)29-26(19-24(20-27(29)31)22-11-7-4-8-12-22)23-14-16-25(17-15-23)35-28(32)18-13-21-9-5-3-6-10-21/h3-18,20,26,29H,2,19H2,1H3/b18-13-. The summed E-state index contributed by atoms with van der Waals surface area (Å²) in [5.74, 6) is -2.19. The van der Waals surface area contributed by atoms with Crippen LogP contribution in [0.4, 0.5) is 0 Å². The van der Waals surface area contributed by atoms with Crippen molar-refractivity contribution in [3.63, 3.8) is 0 Å². The zero-order valence-corrected chi connectivity index (χ0v) is 19.4. The van der Waals surface area contributed by atoms with E-state index >= 15 is 0 Å². The lowest BCUT2D eigenvalue weighted by Gasteiger charge is -2.29. The highest BCUT2D eigenvalue weighted by Crippen LogP contribution is 2.40. The molecule has 0 aromatic heterocycles. The number of ketones is 1. The van der Waals surface area contributed by atoms with E-state index in [4.69, 9.17) is 9.47 Å². The van der Waals surface area contributed by atoms with Gasteiger partial charge in [-0.2, -0.15) is 0 Å². The van der Waals surface area contributed by atoms with Gasteiger partial charge in [0.05, 0.1) is 6.61 Å². The minimum atomic E-state index is -0.912. The van der Waals surface area contributed by atoms with Gasteiger partial charge in [0.1, 0.15) is 11.7 Å². The van der Waals surface area contributed by atoms with Crippen molar-refractivity contribution in [2.24, 2.45) is 5.92 Å². The minimum absolute atomic E-state index is 0.204. The van der Waals surface area contributed by atoms with Crippen LogP contribution in [0, 0.1) is 5.92 Å². The molecular weight excluding hydrogens is 440 g/mol. The average molecular weight is 467 g/mol. The summed E-state index contributed by atoms with van der Waals surface area (Å²) in [6.07, 6.45) is 5.13. The Morgan fingerprint density at radius 2 is 1.57 bits per heavy atom. The van der Waals surface area contributed by atoms with Gasteiger partial charge in [0.25, 0.3) is 0 Å². The number of hydrogen-bond donors (Lipinski definition) is 0. The lowest BCUT2D eigenvalue weighted by molar-refractivity contribution is -0.151. The molecule has 0 N–H and O–H groups in total. The first-order valence-corrected chi connectivity index (χ1v) is 11.6. The average Bonchev–Trinajstić information content (AvgIpc) is 2.88. The molecule has 1 aliphatic rings. The Labute approximate surface area is 204 Å². The summed E-state index contributed by atoms with van der Waals surface area (Å²) in [5, 5.41) is 0. The van der Waals surface area contributed by atoms with E-state index in [9.17, 15) is 14.4 Å². The number of ether oxygens (including phenoxy) is 2. The van der Waals surface area contributed by atoms with Gasteiger partial charge >= 0.3 is 11.9 Å². The number of carbonyl (C=O) groups excluding carboxylic acids is 3. The van der Waals surface area contributed by atoms with Crippen molar-refractivity contribution in [1.82, 2.24) is 0 Å². The molecule has 4 rings (SSSR count). The van der Waals surface area contributed by atoms with Gasteiger partial charge in [-0.15, -0.1) is 0 Å². The van der Waals surface area contributed by atoms with Crippen molar-refractivity contribution >= 4 is 29.4 Å². The molecular formula is C30H26O5. The third-order valence-electron chi connectivity index (χ3n) is 5.89. The molecule has 0 bridgehead atoms. The SMILES string of the molecule is CCOC(=O)C1C(=O)C=C(c2ccccc2)CC1c1ccc(OC(=O)/C=C\c2ccccc2)cc1. The Balaban J connectivity index is 1.53. The fourth-order valence-electron chi connectivity index (χ4n) is 4.21. The van der Waals surface area contributed by atoms with E-state index in [0.717, 1.165) is 22.3 Å². The van der Waals surface area contributed by atoms with E-state index in [2.05, 4.69) is 0 Å². The van der Waals surface area contributed by atoms with Crippen molar-refractivity contribution in [2.45, 2.75) is 19.3 Å². The van der Waals surface area contributed by atoms with Crippen LogP contribution in [-0.2, 0) is 19.1 Å². The summed E-state index contributed by atoms with van der Waals surface area (Å²) in [6, 6.07) is 26.1. The molecule has 35 heavy (non-hydrogen) atoms. The number of carbonyl (C=O) groups is 3. The van der Waals surface area contributed by atoms with Crippen LogP contribution in [0.3, 0.4) is 0 Å². The van der Waals surface area contributed by atoms with Crippen molar-refractivity contribution < 1.29 is 23.9 Å². The summed E-state index contributed by atoms with van der Waals surface area (Å²) >= 11 is 0. The first kappa shape index (κ1) is 23.9. The van der Waals surface area contributed by atoms with E-state index in [0.29, 0.717) is 12.2 Å². The molecule has 5 heteroatoms. The largest absolute Gasteiger partial charge is 0.465 e. The van der Waals surface area contributed by atoms with Gasteiger partial charge < -0.3 is 9.47 Å². The van der Waals surface area contributed by atoms with Crippen molar-refractivity contribution in [3.8, 4) is 5.75 Å². The van der Waals surface area contributed by atoms with E-state index in [-0.39, 0.29) is 18.3 Å². The van der Waals surface area contributed by atoms with E-state index in [1.165, 1.54) is 6.08 Å². The molecule has 2 atom stereocenters. The summed E-state index contributed by atoms with van der Waals surface area (Å²) in [5.41, 5.74) is 3.53. The predicted molar refractivity (Wildman–Crippen MR) is 134 cm³/mol. The molecule has 0 saturated heterocycles. The number of hydrogen-bond acceptors (Lipinski definition) is 5. The van der Waals surface area contributed by atoms with Gasteiger partial charge in [0.2, 0.25) is 0 Å². The second-order valence-corrected chi connectivity index (χ2v) is 8.21. The number of esters is 2.